The van der Waals surface area contributed by atoms with E-state index in [4.69, 9.17) is 14.2 Å². The highest BCUT2D eigenvalue weighted by Crippen LogP contribution is 2.26. The van der Waals surface area contributed by atoms with Gasteiger partial charge in [-0.2, -0.15) is 0 Å². The van der Waals surface area contributed by atoms with E-state index in [0.29, 0.717) is 45.7 Å². The Morgan fingerprint density at radius 3 is 0.869 bits per heavy atom. The smallest absolute Gasteiger partial charge is 0.225 e. The number of hydrogen-bond acceptors (Lipinski definition) is 4. The summed E-state index contributed by atoms with van der Waals surface area (Å²) in [4.78, 5) is 11.5. The van der Waals surface area contributed by atoms with Crippen molar-refractivity contribution in [2.75, 3.05) is 39.6 Å². The predicted molar refractivity (Wildman–Crippen MR) is 275 cm³/mol. The lowest BCUT2D eigenvalue weighted by Crippen LogP contribution is -2.35. The molecule has 0 atom stereocenters. The van der Waals surface area contributed by atoms with Gasteiger partial charge in [-0.05, 0) is 117 Å². The number of carbonyl (C=O) groups excluding carboxylic acids is 1. The van der Waals surface area contributed by atoms with Gasteiger partial charge < -0.3 is 19.5 Å². The van der Waals surface area contributed by atoms with Gasteiger partial charge in [0.25, 0.3) is 0 Å². The molecule has 0 saturated heterocycles. The fraction of sp³-hybridized carbons (Fsp3) is 0.982. The number of carbonyl (C=O) groups is 1. The van der Waals surface area contributed by atoms with Crippen molar-refractivity contribution in [1.29, 1.82) is 0 Å². The van der Waals surface area contributed by atoms with Crippen molar-refractivity contribution in [1.82, 2.24) is 5.32 Å². The normalized spacial score (nSPS) is 13.0. The number of hydrogen-bond donors (Lipinski definition) is 1. The van der Waals surface area contributed by atoms with Gasteiger partial charge >= 0.3 is 0 Å². The molecule has 0 radical (unpaired) electrons. The van der Waals surface area contributed by atoms with E-state index in [-0.39, 0.29) is 16.9 Å². The molecule has 61 heavy (non-hydrogen) atoms. The summed E-state index contributed by atoms with van der Waals surface area (Å²) in [6, 6.07) is 0. The maximum Gasteiger partial charge on any atom is 0.225 e. The quantitative estimate of drug-likeness (QED) is 0.104. The molecule has 0 aliphatic heterocycles. The van der Waals surface area contributed by atoms with E-state index in [1.54, 1.807) is 0 Å². The van der Waals surface area contributed by atoms with Crippen molar-refractivity contribution in [2.24, 2.45) is 37.9 Å². The third-order valence-electron chi connectivity index (χ3n) is 9.83. The minimum absolute atomic E-state index is 0.0469. The summed E-state index contributed by atoms with van der Waals surface area (Å²) in [5.74, 6) is 0.156. The topological polar surface area (TPSA) is 56.8 Å². The highest BCUT2D eigenvalue weighted by atomic mass is 16.5. The molecule has 0 spiro atoms. The van der Waals surface area contributed by atoms with Crippen molar-refractivity contribution in [3.8, 4) is 0 Å². The van der Waals surface area contributed by atoms with E-state index in [1.807, 2.05) is 20.8 Å². The van der Waals surface area contributed by atoms with Crippen LogP contribution in [0.1, 0.15) is 275 Å². The van der Waals surface area contributed by atoms with Crippen LogP contribution in [0.15, 0.2) is 0 Å². The molecule has 0 aliphatic carbocycles. The lowest BCUT2D eigenvalue weighted by Gasteiger charge is -2.20. The van der Waals surface area contributed by atoms with Crippen LogP contribution in [0.25, 0.3) is 0 Å². The minimum atomic E-state index is -0.259. The first-order chi connectivity index (χ1) is 27.2. The fourth-order valence-electron chi connectivity index (χ4n) is 5.99. The Hall–Kier alpha value is -0.650. The van der Waals surface area contributed by atoms with Crippen LogP contribution < -0.4 is 5.32 Å². The van der Waals surface area contributed by atoms with Crippen LogP contribution in [-0.4, -0.2) is 51.1 Å². The fourth-order valence-corrected chi connectivity index (χ4v) is 5.99. The largest absolute Gasteiger partial charge is 0.381 e. The van der Waals surface area contributed by atoms with Crippen molar-refractivity contribution < 1.29 is 19.0 Å². The van der Waals surface area contributed by atoms with E-state index in [2.05, 4.69) is 151 Å². The zero-order valence-electron chi connectivity index (χ0n) is 46.9. The van der Waals surface area contributed by atoms with E-state index < -0.39 is 0 Å². The summed E-state index contributed by atoms with van der Waals surface area (Å²) in [5, 5.41) is 2.98. The third kappa shape index (κ3) is 74.0. The van der Waals surface area contributed by atoms with Gasteiger partial charge in [-0.3, -0.25) is 4.79 Å². The Morgan fingerprint density at radius 2 is 0.590 bits per heavy atom. The van der Waals surface area contributed by atoms with Gasteiger partial charge in [0.2, 0.25) is 5.91 Å². The molecule has 0 saturated carbocycles. The van der Waals surface area contributed by atoms with Gasteiger partial charge in [-0.1, -0.05) is 190 Å². The zero-order chi connectivity index (χ0) is 48.7. The Balaban J connectivity index is -0.000000355. The standard InChI is InChI=1S/C15H32.C14H29NO.C14H30O.C13H28O2/c1-14(2,3)12-10-8-7-9-11-13-15(4,5)6;1-13(2,3)10-8-7-9-11-15-12(16)14(4,5)6;1-13(2,3)9-7-11-15-12-8-10-14(4,5)6;1-12(2,3)8-7-9-14-10-11-15-13(4,5)6/h7-13H2,1-6H3;7-11H2,1-6H3,(H,15,16);7-12H2,1-6H3;7-11H2,1-6H3. The Bertz CT molecular complexity index is 831. The van der Waals surface area contributed by atoms with Crippen LogP contribution in [-0.2, 0) is 19.0 Å². The lowest BCUT2D eigenvalue weighted by atomic mass is 9.88. The number of nitrogens with one attached hydrogen (secondary N) is 1. The van der Waals surface area contributed by atoms with Crippen LogP contribution in [0, 0.1) is 37.9 Å². The second-order valence-electron chi connectivity index (χ2n) is 27.4. The maximum absolute atomic E-state index is 11.5. The molecular formula is C56H119NO4. The Morgan fingerprint density at radius 1 is 0.328 bits per heavy atom. The summed E-state index contributed by atoms with van der Waals surface area (Å²) in [7, 11) is 0. The molecule has 0 heterocycles. The molecule has 0 aromatic rings. The molecule has 1 N–H and O–H groups in total. The zero-order valence-corrected chi connectivity index (χ0v) is 46.9. The summed E-state index contributed by atoms with van der Waals surface area (Å²) in [5.41, 5.74) is 2.53. The number of ether oxygens (including phenoxy) is 3. The van der Waals surface area contributed by atoms with Crippen LogP contribution in [0.5, 0.6) is 0 Å². The Labute approximate surface area is 387 Å². The first kappa shape index (κ1) is 66.9. The molecule has 0 unspecified atom stereocenters. The second-order valence-corrected chi connectivity index (χ2v) is 27.4. The molecule has 1 amide bonds. The van der Waals surface area contributed by atoms with Crippen molar-refractivity contribution in [3.05, 3.63) is 0 Å². The van der Waals surface area contributed by atoms with E-state index in [1.165, 1.54) is 96.3 Å². The third-order valence-corrected chi connectivity index (χ3v) is 9.83. The number of unbranched alkanes of at least 4 members (excludes halogenated alkanes) is 6. The van der Waals surface area contributed by atoms with Crippen molar-refractivity contribution in [3.63, 3.8) is 0 Å². The summed E-state index contributed by atoms with van der Waals surface area (Å²) >= 11 is 0. The summed E-state index contributed by atoms with van der Waals surface area (Å²) in [6.07, 6.45) is 22.0. The van der Waals surface area contributed by atoms with Gasteiger partial charge in [0, 0.05) is 31.8 Å². The monoisotopic (exact) mass is 870 g/mol. The number of rotatable bonds is 23. The van der Waals surface area contributed by atoms with Gasteiger partial charge in [-0.15, -0.1) is 0 Å². The average molecular weight is 871 g/mol. The molecule has 0 bridgehead atoms. The second kappa shape index (κ2) is 33.8. The number of amides is 1. The molecule has 0 aromatic carbocycles. The van der Waals surface area contributed by atoms with Crippen LogP contribution in [0.2, 0.25) is 0 Å². The van der Waals surface area contributed by atoms with Gasteiger partial charge in [0.15, 0.2) is 0 Å². The van der Waals surface area contributed by atoms with Gasteiger partial charge in [-0.25, -0.2) is 0 Å². The lowest BCUT2D eigenvalue weighted by molar-refractivity contribution is -0.128. The van der Waals surface area contributed by atoms with E-state index in [9.17, 15) is 4.79 Å². The van der Waals surface area contributed by atoms with Crippen molar-refractivity contribution >= 4 is 5.91 Å². The van der Waals surface area contributed by atoms with Gasteiger partial charge in [0.1, 0.15) is 0 Å². The SMILES string of the molecule is CC(C)(C)CCCCCCCC(C)(C)C.CC(C)(C)CCCCCNC(=O)C(C)(C)C.CC(C)(C)CCCOCCCC(C)(C)C.CC(C)(C)CCCOCCOC(C)(C)C. The molecule has 5 nitrogen and oxygen atoms in total. The highest BCUT2D eigenvalue weighted by molar-refractivity contribution is 5.81. The molecule has 0 fully saturated rings. The molecule has 0 aliphatic rings. The summed E-state index contributed by atoms with van der Waals surface area (Å²) < 4.78 is 16.7. The predicted octanol–water partition coefficient (Wildman–Crippen LogP) is 17.9. The first-order valence-electron chi connectivity index (χ1n) is 25.3. The Kier molecular flexibility index (Phi) is 37.1. The van der Waals surface area contributed by atoms with Crippen LogP contribution in [0.3, 0.4) is 0 Å². The maximum atomic E-state index is 11.5. The minimum Gasteiger partial charge on any atom is -0.381 e. The molecule has 0 rings (SSSR count). The molecule has 5 heteroatoms. The molecular weight excluding hydrogens is 751 g/mol. The highest BCUT2D eigenvalue weighted by Gasteiger charge is 2.20. The van der Waals surface area contributed by atoms with Crippen molar-refractivity contribution in [2.45, 2.75) is 281 Å². The molecule has 372 valence electrons. The van der Waals surface area contributed by atoms with E-state index >= 15 is 0 Å². The van der Waals surface area contributed by atoms with Crippen LogP contribution >= 0.6 is 0 Å². The molecule has 0 aromatic heterocycles. The summed E-state index contributed by atoms with van der Waals surface area (Å²) in [6.45, 7) is 58.3. The first-order valence-corrected chi connectivity index (χ1v) is 25.3. The van der Waals surface area contributed by atoms with Crippen LogP contribution in [0.4, 0.5) is 0 Å². The van der Waals surface area contributed by atoms with Gasteiger partial charge in [0.05, 0.1) is 18.8 Å². The average Bonchev–Trinajstić information content (AvgIpc) is 3.02. The van der Waals surface area contributed by atoms with E-state index in [0.717, 1.165) is 39.2 Å².